The smallest absolute Gasteiger partial charge is 0.240 e. The van der Waals surface area contributed by atoms with E-state index in [2.05, 4.69) is 14.9 Å². The zero-order chi connectivity index (χ0) is 20.1. The minimum Gasteiger partial charge on any atom is -0.489 e. The summed E-state index contributed by atoms with van der Waals surface area (Å²) in [5.74, 6) is -0.401. The van der Waals surface area contributed by atoms with Crippen molar-refractivity contribution >= 4 is 10.0 Å². The molecule has 146 valence electrons. The molecule has 0 spiro atoms. The lowest BCUT2D eigenvalue weighted by atomic mass is 10.0. The molecule has 0 amide bonds. The van der Waals surface area contributed by atoms with Gasteiger partial charge in [-0.15, -0.1) is 0 Å². The highest BCUT2D eigenvalue weighted by molar-refractivity contribution is 7.89. The number of nitrogens with zero attached hydrogens (tertiary/aromatic N) is 2. The van der Waals surface area contributed by atoms with Crippen LogP contribution >= 0.6 is 0 Å². The lowest BCUT2D eigenvalue weighted by molar-refractivity contribution is 0.306. The summed E-state index contributed by atoms with van der Waals surface area (Å²) in [6.07, 6.45) is 3.22. The van der Waals surface area contributed by atoms with Gasteiger partial charge in [-0.2, -0.15) is 10.2 Å². The number of rotatable bonds is 7. The molecule has 0 aliphatic rings. The lowest BCUT2D eigenvalue weighted by Crippen LogP contribution is -2.29. The minimum absolute atomic E-state index is 0.0129. The third-order valence-electron chi connectivity index (χ3n) is 4.20. The zero-order valence-electron chi connectivity index (χ0n) is 15.5. The Morgan fingerprint density at radius 2 is 1.86 bits per heavy atom. The molecule has 2 aromatic carbocycles. The molecule has 1 N–H and O–H groups in total. The average molecular weight is 401 g/mol. The fourth-order valence-electron chi connectivity index (χ4n) is 2.82. The Hall–Kier alpha value is -2.84. The topological polar surface area (TPSA) is 81.2 Å². The van der Waals surface area contributed by atoms with Crippen molar-refractivity contribution in [3.8, 4) is 16.9 Å². The van der Waals surface area contributed by atoms with Gasteiger partial charge < -0.3 is 4.74 Å². The third-order valence-corrected chi connectivity index (χ3v) is 5.80. The van der Waals surface area contributed by atoms with Crippen LogP contribution in [0.1, 0.15) is 11.1 Å². The molecule has 1 aromatic heterocycles. The maximum atomic E-state index is 13.5. The number of ether oxygens (including phenoxy) is 1. The number of aromatic nitrogens is 2. The summed E-state index contributed by atoms with van der Waals surface area (Å²) in [4.78, 5) is 0.196. The van der Waals surface area contributed by atoms with E-state index < -0.39 is 15.8 Å². The van der Waals surface area contributed by atoms with Gasteiger partial charge in [0.05, 0.1) is 17.3 Å². The van der Waals surface area contributed by atoms with Gasteiger partial charge in [-0.1, -0.05) is 12.1 Å². The van der Waals surface area contributed by atoms with Crippen LogP contribution in [0.3, 0.4) is 0 Å². The van der Waals surface area contributed by atoms with Crippen LogP contribution in [0.5, 0.6) is 5.75 Å². The number of aryl methyl sites for hydroxylation is 2. The second-order valence-electron chi connectivity index (χ2n) is 6.24. The number of hydrogen-bond acceptors (Lipinski definition) is 5. The number of benzene rings is 2. The third kappa shape index (κ3) is 4.52. The van der Waals surface area contributed by atoms with Crippen molar-refractivity contribution in [2.75, 3.05) is 13.2 Å². The number of sulfonamides is 1. The van der Waals surface area contributed by atoms with Crippen LogP contribution in [-0.2, 0) is 10.0 Å². The number of nitrogens with one attached hydrogen (secondary N) is 1. The summed E-state index contributed by atoms with van der Waals surface area (Å²) >= 11 is 0. The molecule has 3 aromatic rings. The molecule has 0 fully saturated rings. The Morgan fingerprint density at radius 3 is 2.57 bits per heavy atom. The van der Waals surface area contributed by atoms with Gasteiger partial charge in [-0.05, 0) is 60.9 Å². The lowest BCUT2D eigenvalue weighted by Gasteiger charge is -2.14. The first-order chi connectivity index (χ1) is 13.4. The summed E-state index contributed by atoms with van der Waals surface area (Å²) in [5.41, 5.74) is 3.18. The van der Waals surface area contributed by atoms with E-state index in [1.807, 2.05) is 19.1 Å². The second-order valence-corrected chi connectivity index (χ2v) is 7.98. The van der Waals surface area contributed by atoms with Crippen LogP contribution in [0.4, 0.5) is 4.39 Å². The highest BCUT2D eigenvalue weighted by Crippen LogP contribution is 2.27. The van der Waals surface area contributed by atoms with E-state index in [4.69, 9.17) is 4.74 Å². The predicted octanol–water partition coefficient (Wildman–Crippen LogP) is 3.26. The Balaban J connectivity index is 1.71. The maximum absolute atomic E-state index is 13.5. The van der Waals surface area contributed by atoms with Gasteiger partial charge in [0.15, 0.2) is 11.6 Å². The SMILES string of the molecule is Cc1cc(S(=O)(=O)NCCOc2ccccc2F)c(C)cc1-c1ccnnc1. The maximum Gasteiger partial charge on any atom is 0.240 e. The van der Waals surface area contributed by atoms with E-state index in [9.17, 15) is 12.8 Å². The van der Waals surface area contributed by atoms with Crippen LogP contribution < -0.4 is 9.46 Å². The molecule has 0 saturated heterocycles. The van der Waals surface area contributed by atoms with Gasteiger partial charge >= 0.3 is 0 Å². The van der Waals surface area contributed by atoms with E-state index in [1.54, 1.807) is 37.5 Å². The summed E-state index contributed by atoms with van der Waals surface area (Å²) in [7, 11) is -3.73. The minimum atomic E-state index is -3.73. The number of para-hydroxylation sites is 1. The van der Waals surface area contributed by atoms with Crippen LogP contribution in [-0.4, -0.2) is 31.8 Å². The summed E-state index contributed by atoms with van der Waals surface area (Å²) < 4.78 is 46.6. The van der Waals surface area contributed by atoms with Gasteiger partial charge in [0.2, 0.25) is 10.0 Å². The Bertz CT molecular complexity index is 1070. The highest BCUT2D eigenvalue weighted by Gasteiger charge is 2.18. The van der Waals surface area contributed by atoms with Gasteiger partial charge in [0.25, 0.3) is 0 Å². The average Bonchev–Trinajstić information content (AvgIpc) is 2.68. The molecule has 8 heteroatoms. The van der Waals surface area contributed by atoms with Crippen LogP contribution in [0.15, 0.2) is 59.8 Å². The molecule has 0 saturated carbocycles. The monoisotopic (exact) mass is 401 g/mol. The van der Waals surface area contributed by atoms with Crippen LogP contribution in [0.2, 0.25) is 0 Å². The molecule has 0 radical (unpaired) electrons. The first-order valence-corrected chi connectivity index (χ1v) is 10.1. The van der Waals surface area contributed by atoms with Gasteiger partial charge in [-0.3, -0.25) is 0 Å². The van der Waals surface area contributed by atoms with Gasteiger partial charge in [-0.25, -0.2) is 17.5 Å². The molecule has 6 nitrogen and oxygen atoms in total. The van der Waals surface area contributed by atoms with Crippen LogP contribution in [0.25, 0.3) is 11.1 Å². The van der Waals surface area contributed by atoms with Gasteiger partial charge in [0, 0.05) is 12.1 Å². The molecule has 1 heterocycles. The molecule has 0 aliphatic heterocycles. The molecule has 28 heavy (non-hydrogen) atoms. The zero-order valence-corrected chi connectivity index (χ0v) is 16.3. The van der Waals surface area contributed by atoms with Crippen molar-refractivity contribution in [2.24, 2.45) is 0 Å². The molecule has 0 unspecified atom stereocenters. The summed E-state index contributed by atoms with van der Waals surface area (Å²) in [6.45, 7) is 3.61. The first-order valence-electron chi connectivity index (χ1n) is 8.64. The highest BCUT2D eigenvalue weighted by atomic mass is 32.2. The summed E-state index contributed by atoms with van der Waals surface area (Å²) in [5, 5.41) is 7.62. The van der Waals surface area contributed by atoms with Crippen molar-refractivity contribution < 1.29 is 17.5 Å². The van der Waals surface area contributed by atoms with Crippen molar-refractivity contribution in [1.82, 2.24) is 14.9 Å². The molecular formula is C20H20FN3O3S. The molecular weight excluding hydrogens is 381 g/mol. The first kappa shape index (κ1) is 19.9. The van der Waals surface area contributed by atoms with E-state index in [0.717, 1.165) is 16.7 Å². The number of hydrogen-bond donors (Lipinski definition) is 1. The van der Waals surface area contributed by atoms with E-state index in [0.29, 0.717) is 5.56 Å². The van der Waals surface area contributed by atoms with E-state index in [1.165, 1.54) is 12.1 Å². The fraction of sp³-hybridized carbons (Fsp3) is 0.200. The fourth-order valence-corrected chi connectivity index (χ4v) is 4.14. The summed E-state index contributed by atoms with van der Waals surface area (Å²) in [6, 6.07) is 11.2. The largest absolute Gasteiger partial charge is 0.489 e. The second kappa shape index (κ2) is 8.45. The standard InChI is InChI=1S/C20H20FN3O3S/c1-14-12-20(15(2)11-17(14)16-7-8-22-23-13-16)28(25,26)24-9-10-27-19-6-4-3-5-18(19)21/h3-8,11-13,24H,9-10H2,1-2H3. The van der Waals surface area contributed by atoms with Gasteiger partial charge in [0.1, 0.15) is 6.61 Å². The van der Waals surface area contributed by atoms with E-state index in [-0.39, 0.29) is 23.8 Å². The van der Waals surface area contributed by atoms with Crippen molar-refractivity contribution in [2.45, 2.75) is 18.7 Å². The van der Waals surface area contributed by atoms with Crippen molar-refractivity contribution in [1.29, 1.82) is 0 Å². The number of halogens is 1. The Kier molecular flexibility index (Phi) is 6.01. The molecule has 0 aliphatic carbocycles. The Morgan fingerprint density at radius 1 is 1.07 bits per heavy atom. The van der Waals surface area contributed by atoms with Crippen LogP contribution in [0, 0.1) is 19.7 Å². The quantitative estimate of drug-likeness (QED) is 0.615. The predicted molar refractivity (Wildman–Crippen MR) is 104 cm³/mol. The molecule has 3 rings (SSSR count). The Labute approximate surface area is 163 Å². The molecule has 0 atom stereocenters. The van der Waals surface area contributed by atoms with E-state index >= 15 is 0 Å². The van der Waals surface area contributed by atoms with Crippen molar-refractivity contribution in [3.05, 3.63) is 71.8 Å². The normalized spacial score (nSPS) is 11.4. The molecule has 0 bridgehead atoms. The van der Waals surface area contributed by atoms with Crippen molar-refractivity contribution in [3.63, 3.8) is 0 Å².